The number of rotatable bonds is 7. The molecule has 17 heavy (non-hydrogen) atoms. The summed E-state index contributed by atoms with van der Waals surface area (Å²) in [6, 6.07) is 2.57. The molecule has 1 heterocycles. The zero-order chi connectivity index (χ0) is 12.8. The van der Waals surface area contributed by atoms with Gasteiger partial charge in [-0.2, -0.15) is 5.10 Å². The van der Waals surface area contributed by atoms with Gasteiger partial charge in [0.2, 0.25) is 0 Å². The fourth-order valence-electron chi connectivity index (χ4n) is 2.17. The molecule has 1 rings (SSSR count). The molecule has 1 aromatic heterocycles. The highest BCUT2D eigenvalue weighted by atomic mass is 15.3. The van der Waals surface area contributed by atoms with E-state index >= 15 is 0 Å². The second kappa shape index (κ2) is 6.80. The largest absolute Gasteiger partial charge is 0.309 e. The fourth-order valence-corrected chi connectivity index (χ4v) is 2.17. The molecule has 0 spiro atoms. The van der Waals surface area contributed by atoms with Crippen LogP contribution >= 0.6 is 0 Å². The molecule has 0 saturated carbocycles. The van der Waals surface area contributed by atoms with Crippen molar-refractivity contribution in [2.45, 2.75) is 53.6 Å². The van der Waals surface area contributed by atoms with Crippen molar-refractivity contribution in [1.29, 1.82) is 0 Å². The average Bonchev–Trinajstić information content (AvgIpc) is 2.73. The van der Waals surface area contributed by atoms with Gasteiger partial charge in [0.15, 0.2) is 0 Å². The molecule has 0 fully saturated rings. The fraction of sp³-hybridized carbons (Fsp3) is 0.786. The summed E-state index contributed by atoms with van der Waals surface area (Å²) in [5.74, 6) is 1.28. The second-order valence-corrected chi connectivity index (χ2v) is 5.12. The van der Waals surface area contributed by atoms with Crippen LogP contribution in [0.15, 0.2) is 12.3 Å². The highest BCUT2D eigenvalue weighted by molar-refractivity contribution is 5.08. The molecule has 98 valence electrons. The summed E-state index contributed by atoms with van der Waals surface area (Å²) >= 11 is 0. The van der Waals surface area contributed by atoms with Crippen LogP contribution in [0.25, 0.3) is 0 Å². The lowest BCUT2D eigenvalue weighted by atomic mass is 9.88. The van der Waals surface area contributed by atoms with Crippen LogP contribution in [0.5, 0.6) is 0 Å². The Morgan fingerprint density at radius 1 is 1.29 bits per heavy atom. The molecule has 2 unspecified atom stereocenters. The SMILES string of the molecule is CCCn1nccc1C(NCC)C(C)C(C)C. The quantitative estimate of drug-likeness (QED) is 0.789. The predicted octanol–water partition coefficient (Wildman–Crippen LogP) is 3.24. The van der Waals surface area contributed by atoms with Gasteiger partial charge in [0.1, 0.15) is 0 Å². The summed E-state index contributed by atoms with van der Waals surface area (Å²) in [6.07, 6.45) is 3.05. The van der Waals surface area contributed by atoms with Crippen LogP contribution in [0.4, 0.5) is 0 Å². The Hall–Kier alpha value is -0.830. The molecule has 0 radical (unpaired) electrons. The Bertz CT molecular complexity index is 317. The van der Waals surface area contributed by atoms with Crippen LogP contribution in [-0.4, -0.2) is 16.3 Å². The number of nitrogens with one attached hydrogen (secondary N) is 1. The third-order valence-corrected chi connectivity index (χ3v) is 3.50. The van der Waals surface area contributed by atoms with Crippen molar-refractivity contribution in [1.82, 2.24) is 15.1 Å². The van der Waals surface area contributed by atoms with E-state index in [9.17, 15) is 0 Å². The maximum absolute atomic E-state index is 4.43. The van der Waals surface area contributed by atoms with E-state index in [-0.39, 0.29) is 0 Å². The molecule has 0 bridgehead atoms. The molecule has 1 N–H and O–H groups in total. The van der Waals surface area contributed by atoms with E-state index in [4.69, 9.17) is 0 Å². The standard InChI is InChI=1S/C14H27N3/c1-6-10-17-13(8-9-16-17)14(15-7-2)12(5)11(3)4/h8-9,11-12,14-15H,6-7,10H2,1-5H3. The van der Waals surface area contributed by atoms with Gasteiger partial charge in [0.05, 0.1) is 11.7 Å². The normalized spacial score (nSPS) is 15.2. The Kier molecular flexibility index (Phi) is 5.69. The van der Waals surface area contributed by atoms with Gasteiger partial charge in [0, 0.05) is 12.7 Å². The molecule has 0 saturated heterocycles. The highest BCUT2D eigenvalue weighted by Crippen LogP contribution is 2.27. The van der Waals surface area contributed by atoms with E-state index in [2.05, 4.69) is 55.8 Å². The van der Waals surface area contributed by atoms with Crippen molar-refractivity contribution in [2.24, 2.45) is 11.8 Å². The molecule has 0 aromatic carbocycles. The van der Waals surface area contributed by atoms with Gasteiger partial charge in [0.25, 0.3) is 0 Å². The van der Waals surface area contributed by atoms with Crippen LogP contribution in [0.2, 0.25) is 0 Å². The van der Waals surface area contributed by atoms with E-state index < -0.39 is 0 Å². The first-order valence-electron chi connectivity index (χ1n) is 6.86. The monoisotopic (exact) mass is 237 g/mol. The van der Waals surface area contributed by atoms with Crippen molar-refractivity contribution >= 4 is 0 Å². The van der Waals surface area contributed by atoms with E-state index in [1.165, 1.54) is 5.69 Å². The Morgan fingerprint density at radius 2 is 2.00 bits per heavy atom. The van der Waals surface area contributed by atoms with Crippen molar-refractivity contribution in [3.05, 3.63) is 18.0 Å². The summed E-state index contributed by atoms with van der Waals surface area (Å²) in [7, 11) is 0. The van der Waals surface area contributed by atoms with Gasteiger partial charge in [-0.25, -0.2) is 0 Å². The van der Waals surface area contributed by atoms with E-state index in [1.807, 2.05) is 6.20 Å². The van der Waals surface area contributed by atoms with E-state index in [1.54, 1.807) is 0 Å². The molecule has 0 aliphatic heterocycles. The van der Waals surface area contributed by atoms with E-state index in [0.29, 0.717) is 17.9 Å². The molecular weight excluding hydrogens is 210 g/mol. The molecule has 0 aliphatic rings. The van der Waals surface area contributed by atoms with Crippen molar-refractivity contribution in [2.75, 3.05) is 6.54 Å². The summed E-state index contributed by atoms with van der Waals surface area (Å²) in [5.41, 5.74) is 1.33. The van der Waals surface area contributed by atoms with Crippen molar-refractivity contribution < 1.29 is 0 Å². The van der Waals surface area contributed by atoms with Gasteiger partial charge in [-0.1, -0.05) is 34.6 Å². The van der Waals surface area contributed by atoms with Crippen LogP contribution < -0.4 is 5.32 Å². The Morgan fingerprint density at radius 3 is 2.53 bits per heavy atom. The van der Waals surface area contributed by atoms with E-state index in [0.717, 1.165) is 19.5 Å². The number of aryl methyl sites for hydroxylation is 1. The predicted molar refractivity (Wildman–Crippen MR) is 72.9 cm³/mol. The number of hydrogen-bond donors (Lipinski definition) is 1. The van der Waals surface area contributed by atoms with Gasteiger partial charge < -0.3 is 5.32 Å². The van der Waals surface area contributed by atoms with Crippen LogP contribution in [0.1, 0.15) is 52.8 Å². The van der Waals surface area contributed by atoms with Gasteiger partial charge in [-0.05, 0) is 30.9 Å². The summed E-state index contributed by atoms with van der Waals surface area (Å²) in [5, 5.41) is 8.03. The molecule has 0 aliphatic carbocycles. The summed E-state index contributed by atoms with van der Waals surface area (Å²) in [6.45, 7) is 13.3. The maximum Gasteiger partial charge on any atom is 0.0556 e. The lowest BCUT2D eigenvalue weighted by molar-refractivity contribution is 0.292. The smallest absolute Gasteiger partial charge is 0.0556 e. The van der Waals surface area contributed by atoms with Crippen molar-refractivity contribution in [3.63, 3.8) is 0 Å². The van der Waals surface area contributed by atoms with Crippen LogP contribution in [0, 0.1) is 11.8 Å². The molecule has 2 atom stereocenters. The average molecular weight is 237 g/mol. The molecular formula is C14H27N3. The molecule has 1 aromatic rings. The number of hydrogen-bond acceptors (Lipinski definition) is 2. The lowest BCUT2D eigenvalue weighted by Crippen LogP contribution is -2.31. The number of aromatic nitrogens is 2. The van der Waals surface area contributed by atoms with Gasteiger partial charge in [-0.15, -0.1) is 0 Å². The third-order valence-electron chi connectivity index (χ3n) is 3.50. The zero-order valence-electron chi connectivity index (χ0n) is 11.9. The Labute approximate surface area is 106 Å². The summed E-state index contributed by atoms with van der Waals surface area (Å²) < 4.78 is 2.15. The lowest BCUT2D eigenvalue weighted by Gasteiger charge is -2.28. The Balaban J connectivity index is 2.92. The second-order valence-electron chi connectivity index (χ2n) is 5.12. The minimum atomic E-state index is 0.411. The topological polar surface area (TPSA) is 29.9 Å². The van der Waals surface area contributed by atoms with Crippen LogP contribution in [-0.2, 0) is 6.54 Å². The number of nitrogens with zero attached hydrogens (tertiary/aromatic N) is 2. The minimum Gasteiger partial charge on any atom is -0.309 e. The van der Waals surface area contributed by atoms with Crippen molar-refractivity contribution in [3.8, 4) is 0 Å². The third kappa shape index (κ3) is 3.56. The molecule has 3 heteroatoms. The van der Waals surface area contributed by atoms with Gasteiger partial charge >= 0.3 is 0 Å². The first-order valence-corrected chi connectivity index (χ1v) is 6.86. The first-order chi connectivity index (χ1) is 8.11. The highest BCUT2D eigenvalue weighted by Gasteiger charge is 2.23. The first kappa shape index (κ1) is 14.2. The molecule has 3 nitrogen and oxygen atoms in total. The zero-order valence-corrected chi connectivity index (χ0v) is 11.9. The van der Waals surface area contributed by atoms with Crippen LogP contribution in [0.3, 0.4) is 0 Å². The summed E-state index contributed by atoms with van der Waals surface area (Å²) in [4.78, 5) is 0. The molecule has 0 amide bonds. The maximum atomic E-state index is 4.43. The minimum absolute atomic E-state index is 0.411. The van der Waals surface area contributed by atoms with Gasteiger partial charge in [-0.3, -0.25) is 4.68 Å².